The number of anilines is 1. The van der Waals surface area contributed by atoms with Gasteiger partial charge in [0.05, 0.1) is 15.5 Å². The van der Waals surface area contributed by atoms with E-state index in [1.54, 1.807) is 0 Å². The predicted octanol–water partition coefficient (Wildman–Crippen LogP) is 3.37. The lowest BCUT2D eigenvalue weighted by Crippen LogP contribution is -2.14. The summed E-state index contributed by atoms with van der Waals surface area (Å²) < 4.78 is 40.2. The molecule has 1 aromatic heterocycles. The zero-order chi connectivity index (χ0) is 23.8. The van der Waals surface area contributed by atoms with Gasteiger partial charge in [-0.05, 0) is 37.1 Å². The highest BCUT2D eigenvalue weighted by Gasteiger charge is 2.21. The van der Waals surface area contributed by atoms with Crippen LogP contribution in [0.5, 0.6) is 0 Å². The molecule has 33 heavy (non-hydrogen) atoms. The summed E-state index contributed by atoms with van der Waals surface area (Å²) in [6.07, 6.45) is 4.73. The Morgan fingerprint density at radius 3 is 2.67 bits per heavy atom. The van der Waals surface area contributed by atoms with Crippen molar-refractivity contribution in [3.05, 3.63) is 63.7 Å². The maximum atomic E-state index is 14.5. The SMILES string of the molecule is CS(=O)(=O)c1cc(C(=O)Nc2cc(-c3nnc4n3CCCCC4)ccc2F)cc([N+](=O)[O-])c1. The third-order valence-electron chi connectivity index (χ3n) is 5.37. The molecule has 0 spiro atoms. The number of fused-ring (bicyclic) bond motifs is 1. The number of sulfone groups is 1. The summed E-state index contributed by atoms with van der Waals surface area (Å²) in [6, 6.07) is 6.93. The highest BCUT2D eigenvalue weighted by Crippen LogP contribution is 2.28. The predicted molar refractivity (Wildman–Crippen MR) is 117 cm³/mol. The first-order chi connectivity index (χ1) is 15.6. The summed E-state index contributed by atoms with van der Waals surface area (Å²) in [6.45, 7) is 0.735. The van der Waals surface area contributed by atoms with E-state index >= 15 is 0 Å². The molecule has 0 fully saturated rings. The maximum absolute atomic E-state index is 14.5. The third kappa shape index (κ3) is 4.75. The van der Waals surface area contributed by atoms with Crippen molar-refractivity contribution in [1.29, 1.82) is 0 Å². The monoisotopic (exact) mass is 473 g/mol. The van der Waals surface area contributed by atoms with Gasteiger partial charge in [0.15, 0.2) is 15.7 Å². The number of hydrogen-bond donors (Lipinski definition) is 1. The number of aromatic nitrogens is 3. The fourth-order valence-electron chi connectivity index (χ4n) is 3.69. The summed E-state index contributed by atoms with van der Waals surface area (Å²) >= 11 is 0. The number of benzene rings is 2. The maximum Gasteiger partial charge on any atom is 0.271 e. The molecule has 1 aliphatic heterocycles. The van der Waals surface area contributed by atoms with Gasteiger partial charge in [0.25, 0.3) is 11.6 Å². The molecule has 4 rings (SSSR count). The molecule has 0 saturated carbocycles. The normalized spacial score (nSPS) is 13.8. The Morgan fingerprint density at radius 2 is 1.94 bits per heavy atom. The average molecular weight is 473 g/mol. The summed E-state index contributed by atoms with van der Waals surface area (Å²) in [5, 5.41) is 22.0. The molecule has 0 bridgehead atoms. The molecule has 0 aliphatic carbocycles. The van der Waals surface area contributed by atoms with Crippen LogP contribution in [0.4, 0.5) is 15.8 Å². The third-order valence-corrected chi connectivity index (χ3v) is 6.47. The topological polar surface area (TPSA) is 137 Å². The van der Waals surface area contributed by atoms with Crippen LogP contribution >= 0.6 is 0 Å². The molecular weight excluding hydrogens is 453 g/mol. The quantitative estimate of drug-likeness (QED) is 0.443. The molecular formula is C21H20FN5O5S. The molecule has 0 radical (unpaired) electrons. The summed E-state index contributed by atoms with van der Waals surface area (Å²) in [5.41, 5.74) is -0.478. The van der Waals surface area contributed by atoms with Crippen molar-refractivity contribution >= 4 is 27.1 Å². The first kappa shape index (κ1) is 22.5. The van der Waals surface area contributed by atoms with Gasteiger partial charge in [0.2, 0.25) is 0 Å². The van der Waals surface area contributed by atoms with Gasteiger partial charge in [-0.2, -0.15) is 0 Å². The number of rotatable bonds is 5. The second-order valence-corrected chi connectivity index (χ2v) is 9.81. The largest absolute Gasteiger partial charge is 0.319 e. The second-order valence-electron chi connectivity index (χ2n) is 7.80. The fourth-order valence-corrected chi connectivity index (χ4v) is 4.36. The van der Waals surface area contributed by atoms with Gasteiger partial charge in [-0.1, -0.05) is 6.42 Å². The van der Waals surface area contributed by atoms with Crippen LogP contribution in [0.15, 0.2) is 41.3 Å². The molecule has 172 valence electrons. The van der Waals surface area contributed by atoms with Gasteiger partial charge in [0, 0.05) is 42.5 Å². The van der Waals surface area contributed by atoms with E-state index in [-0.39, 0.29) is 16.1 Å². The van der Waals surface area contributed by atoms with Gasteiger partial charge in [-0.3, -0.25) is 14.9 Å². The molecule has 0 atom stereocenters. The fraction of sp³-hybridized carbons (Fsp3) is 0.286. The van der Waals surface area contributed by atoms with E-state index in [0.29, 0.717) is 11.4 Å². The number of nitro benzene ring substituents is 1. The minimum atomic E-state index is -3.82. The zero-order valence-corrected chi connectivity index (χ0v) is 18.4. The first-order valence-electron chi connectivity index (χ1n) is 10.2. The van der Waals surface area contributed by atoms with Gasteiger partial charge in [0.1, 0.15) is 11.6 Å². The van der Waals surface area contributed by atoms with E-state index in [2.05, 4.69) is 15.5 Å². The van der Waals surface area contributed by atoms with Crippen LogP contribution in [-0.4, -0.2) is 40.3 Å². The average Bonchev–Trinajstić information content (AvgIpc) is 3.02. The van der Waals surface area contributed by atoms with E-state index < -0.39 is 32.2 Å². The summed E-state index contributed by atoms with van der Waals surface area (Å²) in [5.74, 6) is -0.212. The number of halogens is 1. The number of non-ortho nitro benzene ring substituents is 1. The van der Waals surface area contributed by atoms with Crippen molar-refractivity contribution in [2.24, 2.45) is 0 Å². The second kappa shape index (κ2) is 8.70. The number of nitrogens with one attached hydrogen (secondary N) is 1. The molecule has 3 aromatic rings. The molecule has 1 aliphatic rings. The zero-order valence-electron chi connectivity index (χ0n) is 17.6. The number of nitro groups is 1. The van der Waals surface area contributed by atoms with Crippen molar-refractivity contribution in [1.82, 2.24) is 14.8 Å². The van der Waals surface area contributed by atoms with E-state index in [1.807, 2.05) is 4.57 Å². The van der Waals surface area contributed by atoms with E-state index in [9.17, 15) is 27.7 Å². The van der Waals surface area contributed by atoms with Crippen LogP contribution < -0.4 is 5.32 Å². The number of amides is 1. The lowest BCUT2D eigenvalue weighted by Gasteiger charge is -2.11. The van der Waals surface area contributed by atoms with Crippen LogP contribution in [0.3, 0.4) is 0 Å². The number of carbonyl (C=O) groups is 1. The van der Waals surface area contributed by atoms with Crippen LogP contribution in [-0.2, 0) is 22.8 Å². The number of hydrogen-bond acceptors (Lipinski definition) is 7. The van der Waals surface area contributed by atoms with E-state index in [0.717, 1.165) is 62.5 Å². The van der Waals surface area contributed by atoms with Crippen molar-refractivity contribution < 1.29 is 22.5 Å². The number of aryl methyl sites for hydroxylation is 1. The number of nitrogens with zero attached hydrogens (tertiary/aromatic N) is 4. The molecule has 1 N–H and O–H groups in total. The van der Waals surface area contributed by atoms with E-state index in [4.69, 9.17) is 0 Å². The van der Waals surface area contributed by atoms with Gasteiger partial charge in [-0.15, -0.1) is 10.2 Å². The lowest BCUT2D eigenvalue weighted by molar-refractivity contribution is -0.385. The Hall–Kier alpha value is -3.67. The molecule has 0 unspecified atom stereocenters. The van der Waals surface area contributed by atoms with Crippen molar-refractivity contribution in [2.45, 2.75) is 37.1 Å². The van der Waals surface area contributed by atoms with Gasteiger partial charge >= 0.3 is 0 Å². The van der Waals surface area contributed by atoms with Crippen molar-refractivity contribution in [3.63, 3.8) is 0 Å². The van der Waals surface area contributed by atoms with Gasteiger partial charge < -0.3 is 9.88 Å². The van der Waals surface area contributed by atoms with Gasteiger partial charge in [-0.25, -0.2) is 12.8 Å². The summed E-state index contributed by atoms with van der Waals surface area (Å²) in [4.78, 5) is 22.8. The molecule has 1 amide bonds. The Morgan fingerprint density at radius 1 is 1.15 bits per heavy atom. The van der Waals surface area contributed by atoms with Crippen molar-refractivity contribution in [2.75, 3.05) is 11.6 Å². The number of carbonyl (C=O) groups excluding carboxylic acids is 1. The Labute approximate surface area is 188 Å². The Bertz CT molecular complexity index is 1370. The van der Waals surface area contributed by atoms with Crippen LogP contribution in [0, 0.1) is 15.9 Å². The highest BCUT2D eigenvalue weighted by molar-refractivity contribution is 7.90. The summed E-state index contributed by atoms with van der Waals surface area (Å²) in [7, 11) is -3.82. The van der Waals surface area contributed by atoms with E-state index in [1.165, 1.54) is 18.2 Å². The van der Waals surface area contributed by atoms with Crippen molar-refractivity contribution in [3.8, 4) is 11.4 Å². The van der Waals surface area contributed by atoms with Crippen LogP contribution in [0.2, 0.25) is 0 Å². The molecule has 2 heterocycles. The first-order valence-corrected chi connectivity index (χ1v) is 12.1. The smallest absolute Gasteiger partial charge is 0.271 e. The molecule has 10 nitrogen and oxygen atoms in total. The van der Waals surface area contributed by atoms with Crippen LogP contribution in [0.1, 0.15) is 35.4 Å². The Kier molecular flexibility index (Phi) is 5.93. The van der Waals surface area contributed by atoms with Crippen LogP contribution in [0.25, 0.3) is 11.4 Å². The lowest BCUT2D eigenvalue weighted by atomic mass is 10.1. The molecule has 0 saturated heterocycles. The minimum Gasteiger partial charge on any atom is -0.319 e. The standard InChI is InChI=1S/C21H20FN5O5S/c1-33(31,32)16-10-14(9-15(12-16)27(29)30)21(28)23-18-11-13(6-7-17(18)22)20-25-24-19-5-3-2-4-8-26(19)20/h6-7,9-12H,2-5,8H2,1H3,(H,23,28). The Balaban J connectivity index is 1.68. The molecule has 2 aromatic carbocycles. The molecule has 12 heteroatoms. The highest BCUT2D eigenvalue weighted by atomic mass is 32.2. The minimum absolute atomic E-state index is 0.170.